The van der Waals surface area contributed by atoms with Gasteiger partial charge in [0, 0.05) is 16.5 Å². The van der Waals surface area contributed by atoms with Crippen molar-refractivity contribution < 1.29 is 19.1 Å². The van der Waals surface area contributed by atoms with E-state index in [-0.39, 0.29) is 5.69 Å². The summed E-state index contributed by atoms with van der Waals surface area (Å²) in [7, 11) is 0. The Bertz CT molecular complexity index is 923. The van der Waals surface area contributed by atoms with Gasteiger partial charge in [0.1, 0.15) is 5.01 Å². The zero-order chi connectivity index (χ0) is 18.4. The maximum atomic E-state index is 12.0. The molecule has 0 saturated heterocycles. The Morgan fingerprint density at radius 3 is 2.31 bits per heavy atom. The molecule has 0 aliphatic carbocycles. The monoisotopic (exact) mass is 366 g/mol. The molecule has 0 saturated carbocycles. The van der Waals surface area contributed by atoms with E-state index in [9.17, 15) is 14.4 Å². The highest BCUT2D eigenvalue weighted by Gasteiger charge is 2.16. The van der Waals surface area contributed by atoms with E-state index in [1.165, 1.54) is 11.3 Å². The Kier molecular flexibility index (Phi) is 5.50. The number of esters is 1. The number of aromatic nitrogens is 1. The van der Waals surface area contributed by atoms with E-state index >= 15 is 0 Å². The summed E-state index contributed by atoms with van der Waals surface area (Å²) < 4.78 is 4.92. The summed E-state index contributed by atoms with van der Waals surface area (Å²) in [6.07, 6.45) is 0. The maximum absolute atomic E-state index is 12.0. The molecular weight excluding hydrogens is 352 g/mol. The zero-order valence-corrected chi connectivity index (χ0v) is 14.4. The van der Waals surface area contributed by atoms with Gasteiger partial charge in [-0.15, -0.1) is 11.3 Å². The number of ether oxygens (including phenoxy) is 1. The molecule has 0 bridgehead atoms. The average molecular weight is 366 g/mol. The van der Waals surface area contributed by atoms with Crippen molar-refractivity contribution in [3.8, 4) is 10.6 Å². The summed E-state index contributed by atoms with van der Waals surface area (Å²) in [5, 5.41) is 4.41. The number of rotatable bonds is 5. The lowest BCUT2D eigenvalue weighted by Crippen LogP contribution is -2.34. The molecule has 0 radical (unpaired) electrons. The molecule has 3 rings (SSSR count). The first kappa shape index (κ1) is 17.5. The second kappa shape index (κ2) is 8.17. The Hall–Kier alpha value is -3.32. The van der Waals surface area contributed by atoms with Crippen molar-refractivity contribution in [3.63, 3.8) is 0 Å². The van der Waals surface area contributed by atoms with Gasteiger partial charge in [-0.2, -0.15) is 0 Å². The molecule has 0 unspecified atom stereocenters. The van der Waals surface area contributed by atoms with Crippen molar-refractivity contribution in [3.05, 3.63) is 77.3 Å². The molecule has 130 valence electrons. The van der Waals surface area contributed by atoms with Gasteiger partial charge >= 0.3 is 5.97 Å². The van der Waals surface area contributed by atoms with Gasteiger partial charge in [-0.1, -0.05) is 48.5 Å². The third kappa shape index (κ3) is 4.40. The van der Waals surface area contributed by atoms with Crippen LogP contribution < -0.4 is 5.32 Å². The number of hydrogen-bond acceptors (Lipinski definition) is 6. The largest absolute Gasteiger partial charge is 0.451 e. The molecule has 7 heteroatoms. The minimum absolute atomic E-state index is 0.121. The van der Waals surface area contributed by atoms with E-state index in [4.69, 9.17) is 4.74 Å². The first-order valence-electron chi connectivity index (χ1n) is 7.71. The second-order valence-corrected chi connectivity index (χ2v) is 6.08. The zero-order valence-electron chi connectivity index (χ0n) is 13.5. The van der Waals surface area contributed by atoms with E-state index in [0.717, 1.165) is 5.56 Å². The van der Waals surface area contributed by atoms with Gasteiger partial charge in [-0.3, -0.25) is 14.9 Å². The molecule has 0 atom stereocenters. The SMILES string of the molecule is O=C(COC(=O)c1csc(-c2ccccc2)n1)NC(=O)c1ccccc1. The average Bonchev–Trinajstić information content (AvgIpc) is 3.18. The van der Waals surface area contributed by atoms with Crippen LogP contribution in [0.5, 0.6) is 0 Å². The minimum atomic E-state index is -0.717. The van der Waals surface area contributed by atoms with E-state index in [1.54, 1.807) is 35.7 Å². The fraction of sp³-hybridized carbons (Fsp3) is 0.0526. The number of hydrogen-bond donors (Lipinski definition) is 1. The number of amides is 2. The number of nitrogens with one attached hydrogen (secondary N) is 1. The summed E-state index contributed by atoms with van der Waals surface area (Å²) in [6, 6.07) is 17.7. The van der Waals surface area contributed by atoms with Gasteiger partial charge in [0.05, 0.1) is 0 Å². The minimum Gasteiger partial charge on any atom is -0.451 e. The highest BCUT2D eigenvalue weighted by atomic mass is 32.1. The molecule has 0 aliphatic heterocycles. The summed E-state index contributed by atoms with van der Waals surface area (Å²) in [5.74, 6) is -1.97. The number of nitrogens with zero attached hydrogens (tertiary/aromatic N) is 1. The molecule has 1 heterocycles. The Morgan fingerprint density at radius 1 is 0.962 bits per heavy atom. The van der Waals surface area contributed by atoms with Gasteiger partial charge in [0.25, 0.3) is 11.8 Å². The molecule has 26 heavy (non-hydrogen) atoms. The molecule has 1 aromatic heterocycles. The number of imide groups is 1. The van der Waals surface area contributed by atoms with Crippen LogP contribution in [0.4, 0.5) is 0 Å². The molecule has 0 fully saturated rings. The van der Waals surface area contributed by atoms with Gasteiger partial charge in [0.2, 0.25) is 0 Å². The summed E-state index contributed by atoms with van der Waals surface area (Å²) in [4.78, 5) is 39.8. The van der Waals surface area contributed by atoms with E-state index in [1.807, 2.05) is 30.3 Å². The summed E-state index contributed by atoms with van der Waals surface area (Å²) >= 11 is 1.31. The van der Waals surface area contributed by atoms with Crippen LogP contribution in [0, 0.1) is 0 Å². The predicted molar refractivity (Wildman–Crippen MR) is 96.7 cm³/mol. The smallest absolute Gasteiger partial charge is 0.358 e. The van der Waals surface area contributed by atoms with Crippen LogP contribution in [0.25, 0.3) is 10.6 Å². The van der Waals surface area contributed by atoms with Gasteiger partial charge < -0.3 is 4.74 Å². The third-order valence-electron chi connectivity index (χ3n) is 3.36. The van der Waals surface area contributed by atoms with Crippen LogP contribution in [0.15, 0.2) is 66.0 Å². The summed E-state index contributed by atoms with van der Waals surface area (Å²) in [5.41, 5.74) is 1.36. The number of thiazole rings is 1. The highest BCUT2D eigenvalue weighted by Crippen LogP contribution is 2.23. The Balaban J connectivity index is 1.53. The molecule has 6 nitrogen and oxygen atoms in total. The van der Waals surface area contributed by atoms with Crippen LogP contribution in [-0.4, -0.2) is 29.4 Å². The first-order valence-corrected chi connectivity index (χ1v) is 8.59. The van der Waals surface area contributed by atoms with Crippen molar-refractivity contribution in [2.24, 2.45) is 0 Å². The van der Waals surface area contributed by atoms with E-state index < -0.39 is 24.4 Å². The first-order chi connectivity index (χ1) is 12.6. The lowest BCUT2D eigenvalue weighted by molar-refractivity contribution is -0.123. The van der Waals surface area contributed by atoms with Gasteiger partial charge in [-0.05, 0) is 12.1 Å². The van der Waals surface area contributed by atoms with Crippen molar-refractivity contribution >= 4 is 29.1 Å². The Labute approximate surface area is 153 Å². The topological polar surface area (TPSA) is 85.4 Å². The van der Waals surface area contributed by atoms with Crippen molar-refractivity contribution in [1.82, 2.24) is 10.3 Å². The van der Waals surface area contributed by atoms with Crippen LogP contribution in [0.1, 0.15) is 20.8 Å². The van der Waals surface area contributed by atoms with Gasteiger partial charge in [0.15, 0.2) is 12.3 Å². The van der Waals surface area contributed by atoms with Gasteiger partial charge in [-0.25, -0.2) is 9.78 Å². The second-order valence-electron chi connectivity index (χ2n) is 5.22. The third-order valence-corrected chi connectivity index (χ3v) is 4.25. The normalized spacial score (nSPS) is 10.2. The molecule has 1 N–H and O–H groups in total. The van der Waals surface area contributed by atoms with Crippen LogP contribution in [-0.2, 0) is 9.53 Å². The molecular formula is C19H14N2O4S. The van der Waals surface area contributed by atoms with Crippen molar-refractivity contribution in [2.75, 3.05) is 6.61 Å². The van der Waals surface area contributed by atoms with Crippen LogP contribution in [0.3, 0.4) is 0 Å². The molecule has 2 aromatic carbocycles. The lowest BCUT2D eigenvalue weighted by atomic mass is 10.2. The van der Waals surface area contributed by atoms with Crippen LogP contribution >= 0.6 is 11.3 Å². The lowest BCUT2D eigenvalue weighted by Gasteiger charge is -2.04. The Morgan fingerprint density at radius 2 is 1.62 bits per heavy atom. The fourth-order valence-corrected chi connectivity index (χ4v) is 2.91. The standard InChI is InChI=1S/C19H14N2O4S/c22-16(21-17(23)13-7-3-1-4-8-13)11-25-19(24)15-12-26-18(20-15)14-9-5-2-6-10-14/h1-10,12H,11H2,(H,21,22,23). The molecule has 3 aromatic rings. The quantitative estimate of drug-likeness (QED) is 0.702. The fourth-order valence-electron chi connectivity index (χ4n) is 2.11. The highest BCUT2D eigenvalue weighted by molar-refractivity contribution is 7.13. The molecule has 0 spiro atoms. The maximum Gasteiger partial charge on any atom is 0.358 e. The number of benzene rings is 2. The predicted octanol–water partition coefficient (Wildman–Crippen LogP) is 2.92. The summed E-state index contributed by atoms with van der Waals surface area (Å²) in [6.45, 7) is -0.560. The molecule has 0 aliphatic rings. The van der Waals surface area contributed by atoms with E-state index in [2.05, 4.69) is 10.3 Å². The van der Waals surface area contributed by atoms with Crippen molar-refractivity contribution in [1.29, 1.82) is 0 Å². The van der Waals surface area contributed by atoms with Crippen LogP contribution in [0.2, 0.25) is 0 Å². The van der Waals surface area contributed by atoms with E-state index in [0.29, 0.717) is 10.6 Å². The van der Waals surface area contributed by atoms with Crippen molar-refractivity contribution in [2.45, 2.75) is 0 Å². The molecule has 2 amide bonds. The number of carbonyl (C=O) groups excluding carboxylic acids is 3. The number of carbonyl (C=O) groups is 3.